The normalized spacial score (nSPS) is 27.0. The quantitative estimate of drug-likeness (QED) is 0.819. The predicted octanol–water partition coefficient (Wildman–Crippen LogP) is 3.62. The second-order valence-electron chi connectivity index (χ2n) is 7.32. The van der Waals surface area contributed by atoms with E-state index in [1.807, 2.05) is 0 Å². The highest BCUT2D eigenvalue weighted by Crippen LogP contribution is 2.23. The Kier molecular flexibility index (Phi) is 7.38. The molecule has 2 unspecified atom stereocenters. The van der Waals surface area contributed by atoms with Crippen LogP contribution in [0.2, 0.25) is 0 Å². The molecule has 2 nitrogen and oxygen atoms in total. The Labute approximate surface area is 121 Å². The van der Waals surface area contributed by atoms with E-state index in [-0.39, 0.29) is 0 Å². The summed E-state index contributed by atoms with van der Waals surface area (Å²) in [5.41, 5.74) is 0. The fourth-order valence-electron chi connectivity index (χ4n) is 3.41. The molecule has 0 radical (unpaired) electrons. The van der Waals surface area contributed by atoms with Crippen molar-refractivity contribution in [2.24, 2.45) is 23.7 Å². The third-order valence-electron chi connectivity index (χ3n) is 4.79. The fourth-order valence-corrected chi connectivity index (χ4v) is 3.41. The first-order valence-electron chi connectivity index (χ1n) is 8.39. The van der Waals surface area contributed by atoms with Crippen molar-refractivity contribution in [3.63, 3.8) is 0 Å². The lowest BCUT2D eigenvalue weighted by atomic mass is 9.85. The molecule has 0 aliphatic carbocycles. The van der Waals surface area contributed by atoms with Crippen LogP contribution >= 0.6 is 0 Å². The van der Waals surface area contributed by atoms with Crippen LogP contribution in [0.1, 0.15) is 54.4 Å². The molecule has 0 aromatic carbocycles. The lowest BCUT2D eigenvalue weighted by Crippen LogP contribution is -2.45. The maximum absolute atomic E-state index is 3.71. The molecule has 1 aliphatic rings. The molecule has 0 aromatic heterocycles. The van der Waals surface area contributed by atoms with Gasteiger partial charge in [0.25, 0.3) is 0 Å². The Hall–Kier alpha value is -0.0800. The van der Waals surface area contributed by atoms with Crippen molar-refractivity contribution >= 4 is 0 Å². The first kappa shape index (κ1) is 17.0. The molecule has 19 heavy (non-hydrogen) atoms. The fraction of sp³-hybridized carbons (Fsp3) is 1.00. The number of nitrogens with zero attached hydrogens (tertiary/aromatic N) is 1. The summed E-state index contributed by atoms with van der Waals surface area (Å²) in [5, 5.41) is 3.71. The molecule has 1 heterocycles. The molecule has 0 aromatic rings. The molecule has 0 bridgehead atoms. The van der Waals surface area contributed by atoms with Crippen LogP contribution < -0.4 is 5.32 Å². The maximum Gasteiger partial charge on any atom is 0.00767 e. The molecule has 1 N–H and O–H groups in total. The van der Waals surface area contributed by atoms with Gasteiger partial charge in [-0.05, 0) is 49.6 Å². The highest BCUT2D eigenvalue weighted by molar-refractivity contribution is 4.78. The van der Waals surface area contributed by atoms with Crippen LogP contribution in [0, 0.1) is 23.7 Å². The van der Waals surface area contributed by atoms with E-state index in [4.69, 9.17) is 0 Å². The number of hydrogen-bond donors (Lipinski definition) is 1. The van der Waals surface area contributed by atoms with Crippen LogP contribution in [-0.4, -0.2) is 37.1 Å². The van der Waals surface area contributed by atoms with Gasteiger partial charge in [-0.15, -0.1) is 0 Å². The number of hydrogen-bond acceptors (Lipinski definition) is 2. The van der Waals surface area contributed by atoms with Crippen LogP contribution in [0.25, 0.3) is 0 Å². The van der Waals surface area contributed by atoms with Gasteiger partial charge in [0.15, 0.2) is 0 Å². The topological polar surface area (TPSA) is 15.3 Å². The summed E-state index contributed by atoms with van der Waals surface area (Å²) in [5.74, 6) is 3.19. The average molecular weight is 268 g/mol. The summed E-state index contributed by atoms with van der Waals surface area (Å²) in [4.78, 5) is 2.73. The van der Waals surface area contributed by atoms with Gasteiger partial charge in [0.05, 0.1) is 0 Å². The third kappa shape index (κ3) is 5.83. The average Bonchev–Trinajstić information content (AvgIpc) is 2.31. The van der Waals surface area contributed by atoms with E-state index in [0.717, 1.165) is 29.7 Å². The largest absolute Gasteiger partial charge is 0.314 e. The van der Waals surface area contributed by atoms with E-state index >= 15 is 0 Å². The van der Waals surface area contributed by atoms with E-state index in [9.17, 15) is 0 Å². The highest BCUT2D eigenvalue weighted by atomic mass is 15.1. The third-order valence-corrected chi connectivity index (χ3v) is 4.79. The molecule has 0 spiro atoms. The summed E-state index contributed by atoms with van der Waals surface area (Å²) >= 11 is 0. The maximum atomic E-state index is 3.71. The Bertz CT molecular complexity index is 229. The van der Waals surface area contributed by atoms with Crippen LogP contribution in [0.5, 0.6) is 0 Å². The first-order chi connectivity index (χ1) is 8.93. The monoisotopic (exact) mass is 268 g/mol. The minimum Gasteiger partial charge on any atom is -0.314 e. The zero-order valence-electron chi connectivity index (χ0n) is 14.1. The summed E-state index contributed by atoms with van der Waals surface area (Å²) in [7, 11) is 0. The van der Waals surface area contributed by atoms with Crippen LogP contribution in [0.15, 0.2) is 0 Å². The Balaban J connectivity index is 2.58. The molecule has 2 atom stereocenters. The van der Waals surface area contributed by atoms with Crippen LogP contribution in [0.4, 0.5) is 0 Å². The van der Waals surface area contributed by atoms with Gasteiger partial charge in [-0.1, -0.05) is 41.5 Å². The van der Waals surface area contributed by atoms with Gasteiger partial charge in [-0.25, -0.2) is 0 Å². The van der Waals surface area contributed by atoms with Crippen molar-refractivity contribution in [3.8, 4) is 0 Å². The van der Waals surface area contributed by atoms with Crippen LogP contribution in [-0.2, 0) is 0 Å². The van der Waals surface area contributed by atoms with Crippen molar-refractivity contribution < 1.29 is 0 Å². The molecular weight excluding hydrogens is 232 g/mol. The van der Waals surface area contributed by atoms with Crippen LogP contribution in [0.3, 0.4) is 0 Å². The van der Waals surface area contributed by atoms with E-state index < -0.39 is 0 Å². The molecule has 0 saturated carbocycles. The summed E-state index contributed by atoms with van der Waals surface area (Å²) in [6.45, 7) is 19.2. The van der Waals surface area contributed by atoms with Crippen molar-refractivity contribution in [2.75, 3.05) is 26.2 Å². The summed E-state index contributed by atoms with van der Waals surface area (Å²) < 4.78 is 0. The van der Waals surface area contributed by atoms with Gasteiger partial charge < -0.3 is 10.2 Å². The minimum atomic E-state index is 0.724. The van der Waals surface area contributed by atoms with Gasteiger partial charge >= 0.3 is 0 Å². The molecule has 1 fully saturated rings. The van der Waals surface area contributed by atoms with E-state index in [0.29, 0.717) is 0 Å². The molecule has 114 valence electrons. The van der Waals surface area contributed by atoms with Gasteiger partial charge in [0.2, 0.25) is 0 Å². The predicted molar refractivity (Wildman–Crippen MR) is 85.5 cm³/mol. The lowest BCUT2D eigenvalue weighted by molar-refractivity contribution is 0.133. The smallest absolute Gasteiger partial charge is 0.00767 e. The van der Waals surface area contributed by atoms with Crippen molar-refractivity contribution in [1.29, 1.82) is 0 Å². The number of rotatable bonds is 5. The van der Waals surface area contributed by atoms with Crippen molar-refractivity contribution in [2.45, 2.75) is 60.4 Å². The first-order valence-corrected chi connectivity index (χ1v) is 8.39. The zero-order chi connectivity index (χ0) is 14.4. The van der Waals surface area contributed by atoms with E-state index in [1.54, 1.807) is 0 Å². The van der Waals surface area contributed by atoms with Gasteiger partial charge in [-0.2, -0.15) is 0 Å². The zero-order valence-corrected chi connectivity index (χ0v) is 14.1. The highest BCUT2D eigenvalue weighted by Gasteiger charge is 2.23. The lowest BCUT2D eigenvalue weighted by Gasteiger charge is -2.36. The minimum absolute atomic E-state index is 0.724. The molecule has 1 saturated heterocycles. The second-order valence-corrected chi connectivity index (χ2v) is 7.32. The summed E-state index contributed by atoms with van der Waals surface area (Å²) in [6, 6.07) is 0.724. The molecule has 1 aliphatic heterocycles. The molecule has 2 heteroatoms. The second kappa shape index (κ2) is 8.26. The summed E-state index contributed by atoms with van der Waals surface area (Å²) in [6.07, 6.45) is 2.57. The SMILES string of the molecule is CCC1CCN(CC(C(C)C)C(C)C)CC(C)CN1. The standard InChI is InChI=1S/C17H36N2/c1-7-16-8-9-19(11-15(6)10-18-16)12-17(13(2)3)14(4)5/h13-18H,7-12H2,1-6H3. The Morgan fingerprint density at radius 1 is 1.16 bits per heavy atom. The van der Waals surface area contributed by atoms with Gasteiger partial charge in [-0.3, -0.25) is 0 Å². The number of nitrogens with one attached hydrogen (secondary N) is 1. The Morgan fingerprint density at radius 2 is 1.79 bits per heavy atom. The van der Waals surface area contributed by atoms with E-state index in [2.05, 4.69) is 51.8 Å². The Morgan fingerprint density at radius 3 is 2.32 bits per heavy atom. The molecular formula is C17H36N2. The van der Waals surface area contributed by atoms with Gasteiger partial charge in [0.1, 0.15) is 0 Å². The molecule has 1 rings (SSSR count). The van der Waals surface area contributed by atoms with Crippen molar-refractivity contribution in [3.05, 3.63) is 0 Å². The molecule has 0 amide bonds. The van der Waals surface area contributed by atoms with E-state index in [1.165, 1.54) is 39.0 Å². The van der Waals surface area contributed by atoms with Gasteiger partial charge in [0, 0.05) is 19.1 Å². The van der Waals surface area contributed by atoms with Crippen molar-refractivity contribution in [1.82, 2.24) is 10.2 Å².